The van der Waals surface area contributed by atoms with Gasteiger partial charge in [0.15, 0.2) is 0 Å². The average Bonchev–Trinajstić information content (AvgIpc) is 3.07. The molecular weight excluding hydrogens is 308 g/mol. The van der Waals surface area contributed by atoms with E-state index in [4.69, 9.17) is 4.74 Å². The number of rotatable bonds is 3. The number of ether oxygens (including phenoxy) is 1. The van der Waals surface area contributed by atoms with Crippen molar-refractivity contribution in [2.24, 2.45) is 0 Å². The molecule has 19 heavy (non-hydrogen) atoms. The first-order valence-corrected chi connectivity index (χ1v) is 7.13. The van der Waals surface area contributed by atoms with E-state index >= 15 is 0 Å². The molecule has 0 spiro atoms. The molecule has 1 fully saturated rings. The summed E-state index contributed by atoms with van der Waals surface area (Å²) in [5, 5.41) is 9.49. The van der Waals surface area contributed by atoms with Gasteiger partial charge in [-0.25, -0.2) is 0 Å². The summed E-state index contributed by atoms with van der Waals surface area (Å²) in [6, 6.07) is 4.00. The Morgan fingerprint density at radius 1 is 1.37 bits per heavy atom. The maximum Gasteiger partial charge on any atom is 0.314 e. The Morgan fingerprint density at radius 2 is 1.95 bits per heavy atom. The molecule has 1 N–H and O–H groups in total. The molecule has 0 bridgehead atoms. The average molecular weight is 327 g/mol. The summed E-state index contributed by atoms with van der Waals surface area (Å²) in [7, 11) is 1.58. The Kier molecular flexibility index (Phi) is 3.42. The van der Waals surface area contributed by atoms with Crippen LogP contribution in [0.4, 0.5) is 0 Å². The largest absolute Gasteiger partial charge is 0.495 e. The summed E-state index contributed by atoms with van der Waals surface area (Å²) in [5.74, 6) is -0.114. The number of aliphatic carboxylic acids is 1. The van der Waals surface area contributed by atoms with Gasteiger partial charge < -0.3 is 9.84 Å². The molecule has 1 saturated carbocycles. The molecule has 1 aliphatic carbocycles. The van der Waals surface area contributed by atoms with Gasteiger partial charge in [-0.15, -0.1) is 0 Å². The van der Waals surface area contributed by atoms with Gasteiger partial charge in [-0.3, -0.25) is 4.79 Å². The van der Waals surface area contributed by atoms with Crippen molar-refractivity contribution < 1.29 is 14.6 Å². The fourth-order valence-electron chi connectivity index (χ4n) is 2.31. The number of halogens is 1. The third-order valence-electron chi connectivity index (χ3n) is 3.79. The predicted octanol–water partition coefficient (Wildman–Crippen LogP) is 3.87. The second-order valence-electron chi connectivity index (χ2n) is 6.18. The van der Waals surface area contributed by atoms with Crippen molar-refractivity contribution in [3.05, 3.63) is 27.7 Å². The third-order valence-corrected chi connectivity index (χ3v) is 4.38. The molecule has 0 aromatic heterocycles. The topological polar surface area (TPSA) is 46.5 Å². The standard InChI is InChI=1S/C15H19BrO3/c1-14(2,3)9-7-10(12(19-4)11(16)8-9)15(5-6-15)13(17)18/h7-8H,5-6H2,1-4H3,(H,17,18). The minimum Gasteiger partial charge on any atom is -0.495 e. The van der Waals surface area contributed by atoms with Crippen molar-refractivity contribution in [3.8, 4) is 5.75 Å². The van der Waals surface area contributed by atoms with Gasteiger partial charge in [-0.2, -0.15) is 0 Å². The Hall–Kier alpha value is -1.03. The van der Waals surface area contributed by atoms with Crippen molar-refractivity contribution >= 4 is 21.9 Å². The Labute approximate surface area is 122 Å². The minimum atomic E-state index is -0.760. The van der Waals surface area contributed by atoms with Crippen LogP contribution in [0.1, 0.15) is 44.7 Å². The second-order valence-corrected chi connectivity index (χ2v) is 7.03. The number of hydrogen-bond acceptors (Lipinski definition) is 2. The highest BCUT2D eigenvalue weighted by Crippen LogP contribution is 2.53. The summed E-state index contributed by atoms with van der Waals surface area (Å²) >= 11 is 3.50. The monoisotopic (exact) mass is 326 g/mol. The molecule has 0 saturated heterocycles. The van der Waals surface area contributed by atoms with Crippen LogP contribution in [-0.2, 0) is 15.6 Å². The van der Waals surface area contributed by atoms with Crippen molar-refractivity contribution in [2.75, 3.05) is 7.11 Å². The van der Waals surface area contributed by atoms with E-state index in [0.717, 1.165) is 15.6 Å². The zero-order valence-electron chi connectivity index (χ0n) is 11.7. The smallest absolute Gasteiger partial charge is 0.314 e. The maximum absolute atomic E-state index is 11.6. The van der Waals surface area contributed by atoms with Crippen LogP contribution in [0.2, 0.25) is 0 Å². The Balaban J connectivity index is 2.65. The van der Waals surface area contributed by atoms with Crippen molar-refractivity contribution in [3.63, 3.8) is 0 Å². The van der Waals surface area contributed by atoms with Gasteiger partial charge in [-0.1, -0.05) is 26.8 Å². The number of benzene rings is 1. The van der Waals surface area contributed by atoms with Crippen LogP contribution in [-0.4, -0.2) is 18.2 Å². The van der Waals surface area contributed by atoms with Gasteiger partial charge in [0.25, 0.3) is 0 Å². The van der Waals surface area contributed by atoms with Gasteiger partial charge in [-0.05, 0) is 45.8 Å². The highest BCUT2D eigenvalue weighted by Gasteiger charge is 2.54. The van der Waals surface area contributed by atoms with Crippen LogP contribution in [0.5, 0.6) is 5.75 Å². The molecule has 0 heterocycles. The van der Waals surface area contributed by atoms with Gasteiger partial charge in [0.2, 0.25) is 0 Å². The van der Waals surface area contributed by atoms with Crippen LogP contribution < -0.4 is 4.74 Å². The zero-order chi connectivity index (χ0) is 14.4. The first kappa shape index (κ1) is 14.4. The lowest BCUT2D eigenvalue weighted by molar-refractivity contribution is -0.140. The van der Waals surface area contributed by atoms with Gasteiger partial charge in [0, 0.05) is 5.56 Å². The van der Waals surface area contributed by atoms with Crippen molar-refractivity contribution in [2.45, 2.75) is 44.4 Å². The molecule has 0 unspecified atom stereocenters. The number of carboxylic acids is 1. The normalized spacial score (nSPS) is 17.1. The lowest BCUT2D eigenvalue weighted by atomic mass is 9.83. The summed E-state index contributed by atoms with van der Waals surface area (Å²) in [5.41, 5.74) is 1.12. The van der Waals surface area contributed by atoms with Crippen LogP contribution in [0.25, 0.3) is 0 Å². The highest BCUT2D eigenvalue weighted by molar-refractivity contribution is 9.10. The summed E-state index contributed by atoms with van der Waals surface area (Å²) < 4.78 is 6.23. The van der Waals surface area contributed by atoms with E-state index in [9.17, 15) is 9.90 Å². The van der Waals surface area contributed by atoms with E-state index in [-0.39, 0.29) is 5.41 Å². The first-order valence-electron chi connectivity index (χ1n) is 6.34. The minimum absolute atomic E-state index is 0.0296. The van der Waals surface area contributed by atoms with Gasteiger partial charge in [0.1, 0.15) is 5.75 Å². The molecule has 1 aromatic rings. The Morgan fingerprint density at radius 3 is 2.32 bits per heavy atom. The van der Waals surface area contributed by atoms with Crippen LogP contribution >= 0.6 is 15.9 Å². The SMILES string of the molecule is COc1c(Br)cc(C(C)(C)C)cc1C1(C(=O)O)CC1. The van der Waals surface area contributed by atoms with Crippen LogP contribution in [0.3, 0.4) is 0 Å². The van der Waals surface area contributed by atoms with E-state index < -0.39 is 11.4 Å². The lowest BCUT2D eigenvalue weighted by Crippen LogP contribution is -2.22. The van der Waals surface area contributed by atoms with E-state index in [1.807, 2.05) is 12.1 Å². The lowest BCUT2D eigenvalue weighted by Gasteiger charge is -2.24. The highest BCUT2D eigenvalue weighted by atomic mass is 79.9. The van der Waals surface area contributed by atoms with Gasteiger partial charge >= 0.3 is 5.97 Å². The van der Waals surface area contributed by atoms with E-state index in [2.05, 4.69) is 36.7 Å². The molecular formula is C15H19BrO3. The van der Waals surface area contributed by atoms with Crippen LogP contribution in [0, 0.1) is 0 Å². The molecule has 0 amide bonds. The number of carbonyl (C=O) groups is 1. The number of carboxylic acid groups (broad SMARTS) is 1. The van der Waals surface area contributed by atoms with Crippen LogP contribution in [0.15, 0.2) is 16.6 Å². The molecule has 1 aromatic carbocycles. The van der Waals surface area contributed by atoms with E-state index in [1.54, 1.807) is 7.11 Å². The fraction of sp³-hybridized carbons (Fsp3) is 0.533. The zero-order valence-corrected chi connectivity index (χ0v) is 13.3. The molecule has 2 rings (SSSR count). The first-order chi connectivity index (χ1) is 8.72. The van der Waals surface area contributed by atoms with E-state index in [0.29, 0.717) is 18.6 Å². The molecule has 3 nitrogen and oxygen atoms in total. The fourth-order valence-corrected chi connectivity index (χ4v) is 2.93. The summed E-state index contributed by atoms with van der Waals surface area (Å²) in [4.78, 5) is 11.6. The number of methoxy groups -OCH3 is 1. The second kappa shape index (κ2) is 4.51. The van der Waals surface area contributed by atoms with E-state index in [1.165, 1.54) is 0 Å². The van der Waals surface area contributed by atoms with Gasteiger partial charge in [0.05, 0.1) is 17.0 Å². The van der Waals surface area contributed by atoms with Crippen molar-refractivity contribution in [1.29, 1.82) is 0 Å². The summed E-state index contributed by atoms with van der Waals surface area (Å²) in [6.07, 6.45) is 1.36. The van der Waals surface area contributed by atoms with Crippen molar-refractivity contribution in [1.82, 2.24) is 0 Å². The Bertz CT molecular complexity index is 525. The molecule has 1 aliphatic rings. The third kappa shape index (κ3) is 2.38. The molecule has 4 heteroatoms. The quantitative estimate of drug-likeness (QED) is 0.917. The summed E-state index contributed by atoms with van der Waals surface area (Å²) in [6.45, 7) is 6.35. The predicted molar refractivity (Wildman–Crippen MR) is 77.9 cm³/mol. The number of hydrogen-bond donors (Lipinski definition) is 1. The molecule has 104 valence electrons. The molecule has 0 radical (unpaired) electrons. The molecule has 0 atom stereocenters. The maximum atomic E-state index is 11.6. The molecule has 0 aliphatic heterocycles.